The monoisotopic (exact) mass is 569 g/mol. The van der Waals surface area contributed by atoms with E-state index in [4.69, 9.17) is 23.1 Å². The fourth-order valence-electron chi connectivity index (χ4n) is 4.40. The molecule has 0 atom stereocenters. The molecule has 0 unspecified atom stereocenters. The molecule has 0 saturated carbocycles. The first-order chi connectivity index (χ1) is 19.5. The van der Waals surface area contributed by atoms with Crippen molar-refractivity contribution in [1.82, 2.24) is 4.90 Å². The maximum atomic E-state index is 12.5. The quantitative estimate of drug-likeness (QED) is 0.186. The Hall–Kier alpha value is -3.28. The fourth-order valence-corrected chi connectivity index (χ4v) is 5.31. The molecule has 0 radical (unpaired) electrons. The van der Waals surface area contributed by atoms with Gasteiger partial charge in [0.15, 0.2) is 0 Å². The summed E-state index contributed by atoms with van der Waals surface area (Å²) < 4.78 is 50.9. The second kappa shape index (κ2) is 14.9. The molecule has 0 spiro atoms. The number of ether oxygens (including phenoxy) is 4. The maximum absolute atomic E-state index is 12.5. The van der Waals surface area contributed by atoms with E-state index in [2.05, 4.69) is 24.3 Å². The van der Waals surface area contributed by atoms with Gasteiger partial charge in [0.25, 0.3) is 10.1 Å². The Morgan fingerprint density at radius 2 is 1.20 bits per heavy atom. The van der Waals surface area contributed by atoms with Crippen LogP contribution in [-0.4, -0.2) is 85.9 Å². The van der Waals surface area contributed by atoms with Gasteiger partial charge in [-0.1, -0.05) is 66.7 Å². The summed E-state index contributed by atoms with van der Waals surface area (Å²) in [5, 5.41) is 0. The molecule has 1 amide bonds. The standard InChI is InChI=1S/C30H35NO8S/c1-31(30(32)38-23-29-27-13-7-5-11-25(27)26-12-6-8-14-28(26)29)15-16-35-17-18-36-19-20-37-21-22-39-40(33,34)24-9-3-2-4-10-24/h2-14,29H,15-23H2,1H3. The molecule has 40 heavy (non-hydrogen) atoms. The molecule has 214 valence electrons. The summed E-state index contributed by atoms with van der Waals surface area (Å²) in [4.78, 5) is 14.1. The highest BCUT2D eigenvalue weighted by Gasteiger charge is 2.29. The Morgan fingerprint density at radius 3 is 1.80 bits per heavy atom. The Labute approximate surface area is 235 Å². The largest absolute Gasteiger partial charge is 0.448 e. The predicted molar refractivity (Wildman–Crippen MR) is 150 cm³/mol. The molecule has 3 aromatic rings. The lowest BCUT2D eigenvalue weighted by Crippen LogP contribution is -2.32. The highest BCUT2D eigenvalue weighted by atomic mass is 32.2. The van der Waals surface area contributed by atoms with Crippen LogP contribution in [0.4, 0.5) is 4.79 Å². The van der Waals surface area contributed by atoms with Crippen LogP contribution in [0, 0.1) is 0 Å². The minimum atomic E-state index is -3.77. The predicted octanol–water partition coefficient (Wildman–Crippen LogP) is 4.32. The Bertz CT molecular complexity index is 1290. The molecule has 3 aromatic carbocycles. The van der Waals surface area contributed by atoms with Crippen molar-refractivity contribution in [3.8, 4) is 11.1 Å². The van der Waals surface area contributed by atoms with Crippen LogP contribution in [0.15, 0.2) is 83.8 Å². The minimum absolute atomic E-state index is 0.0250. The van der Waals surface area contributed by atoms with Crippen LogP contribution in [0.1, 0.15) is 17.0 Å². The zero-order valence-electron chi connectivity index (χ0n) is 22.6. The SMILES string of the molecule is CN(CCOCCOCCOCCOS(=O)(=O)c1ccccc1)C(=O)OCC1c2ccccc2-c2ccccc21. The van der Waals surface area contributed by atoms with Gasteiger partial charge in [-0.2, -0.15) is 8.42 Å². The van der Waals surface area contributed by atoms with Gasteiger partial charge in [0.2, 0.25) is 0 Å². The summed E-state index contributed by atoms with van der Waals surface area (Å²) in [6.45, 7) is 2.48. The summed E-state index contributed by atoms with van der Waals surface area (Å²) in [6.07, 6.45) is -0.389. The van der Waals surface area contributed by atoms with Gasteiger partial charge < -0.3 is 23.8 Å². The zero-order valence-corrected chi connectivity index (χ0v) is 23.4. The van der Waals surface area contributed by atoms with E-state index >= 15 is 0 Å². The molecule has 0 fully saturated rings. The van der Waals surface area contributed by atoms with Crippen molar-refractivity contribution in [3.63, 3.8) is 0 Å². The van der Waals surface area contributed by atoms with E-state index in [-0.39, 0.29) is 36.7 Å². The summed E-state index contributed by atoms with van der Waals surface area (Å²) in [5.41, 5.74) is 4.74. The molecular weight excluding hydrogens is 534 g/mol. The van der Waals surface area contributed by atoms with Crippen LogP contribution in [-0.2, 0) is 33.2 Å². The molecule has 9 nitrogen and oxygen atoms in total. The van der Waals surface area contributed by atoms with E-state index in [1.54, 1.807) is 25.2 Å². The van der Waals surface area contributed by atoms with Crippen LogP contribution in [0.25, 0.3) is 11.1 Å². The summed E-state index contributed by atoms with van der Waals surface area (Å²) >= 11 is 0. The molecule has 10 heteroatoms. The van der Waals surface area contributed by atoms with Crippen LogP contribution in [0.5, 0.6) is 0 Å². The van der Waals surface area contributed by atoms with Gasteiger partial charge in [0.05, 0.1) is 51.1 Å². The van der Waals surface area contributed by atoms with Gasteiger partial charge in [-0.3, -0.25) is 4.18 Å². The number of benzene rings is 3. The van der Waals surface area contributed by atoms with E-state index < -0.39 is 10.1 Å². The van der Waals surface area contributed by atoms with Gasteiger partial charge in [-0.25, -0.2) is 4.79 Å². The minimum Gasteiger partial charge on any atom is -0.448 e. The summed E-state index contributed by atoms with van der Waals surface area (Å²) in [5.74, 6) is 0.0250. The van der Waals surface area contributed by atoms with Crippen LogP contribution >= 0.6 is 0 Å². The third-order valence-corrected chi connectivity index (χ3v) is 7.79. The van der Waals surface area contributed by atoms with E-state index in [1.807, 2.05) is 24.3 Å². The van der Waals surface area contributed by atoms with Gasteiger partial charge in [-0.15, -0.1) is 0 Å². The number of likely N-dealkylation sites (N-methyl/N-ethyl adjacent to an activating group) is 1. The molecule has 0 aliphatic heterocycles. The molecule has 1 aliphatic rings. The van der Waals surface area contributed by atoms with Gasteiger partial charge in [-0.05, 0) is 34.4 Å². The third kappa shape index (κ3) is 8.12. The van der Waals surface area contributed by atoms with Gasteiger partial charge in [0, 0.05) is 19.5 Å². The highest BCUT2D eigenvalue weighted by Crippen LogP contribution is 2.44. The van der Waals surface area contributed by atoms with E-state index in [1.165, 1.54) is 39.3 Å². The average Bonchev–Trinajstić information content (AvgIpc) is 3.30. The van der Waals surface area contributed by atoms with E-state index in [9.17, 15) is 13.2 Å². The maximum Gasteiger partial charge on any atom is 0.409 e. The molecule has 0 saturated heterocycles. The number of rotatable bonds is 16. The van der Waals surface area contributed by atoms with Crippen LogP contribution < -0.4 is 0 Å². The van der Waals surface area contributed by atoms with Crippen molar-refractivity contribution in [1.29, 1.82) is 0 Å². The number of carbonyl (C=O) groups excluding carboxylic acids is 1. The summed E-state index contributed by atoms with van der Waals surface area (Å²) in [7, 11) is -2.09. The zero-order chi connectivity index (χ0) is 28.2. The number of nitrogens with zero attached hydrogens (tertiary/aromatic N) is 1. The van der Waals surface area contributed by atoms with Gasteiger partial charge in [0.1, 0.15) is 6.61 Å². The Morgan fingerprint density at radius 1 is 0.700 bits per heavy atom. The van der Waals surface area contributed by atoms with E-state index in [0.29, 0.717) is 39.6 Å². The van der Waals surface area contributed by atoms with Crippen LogP contribution in [0.3, 0.4) is 0 Å². The lowest BCUT2D eigenvalue weighted by molar-refractivity contribution is 0.00686. The second-order valence-electron chi connectivity index (χ2n) is 9.15. The first-order valence-corrected chi connectivity index (χ1v) is 14.6. The first-order valence-electron chi connectivity index (χ1n) is 13.2. The third-order valence-electron chi connectivity index (χ3n) is 6.46. The van der Waals surface area contributed by atoms with Gasteiger partial charge >= 0.3 is 6.09 Å². The second-order valence-corrected chi connectivity index (χ2v) is 10.8. The van der Waals surface area contributed by atoms with Crippen LogP contribution in [0.2, 0.25) is 0 Å². The van der Waals surface area contributed by atoms with Crippen molar-refractivity contribution in [3.05, 3.63) is 90.0 Å². The molecule has 4 rings (SSSR count). The van der Waals surface area contributed by atoms with Crippen molar-refractivity contribution >= 4 is 16.2 Å². The number of carbonyl (C=O) groups is 1. The lowest BCUT2D eigenvalue weighted by Gasteiger charge is -2.19. The Kier molecular flexibility index (Phi) is 11.1. The van der Waals surface area contributed by atoms with Crippen molar-refractivity contribution < 1.29 is 36.3 Å². The topological polar surface area (TPSA) is 101 Å². The van der Waals surface area contributed by atoms with Crippen molar-refractivity contribution in [2.45, 2.75) is 10.8 Å². The number of fused-ring (bicyclic) bond motifs is 3. The van der Waals surface area contributed by atoms with Crippen molar-refractivity contribution in [2.24, 2.45) is 0 Å². The molecule has 1 aliphatic carbocycles. The summed E-state index contributed by atoms with van der Waals surface area (Å²) in [6, 6.07) is 24.4. The molecule has 0 heterocycles. The van der Waals surface area contributed by atoms with E-state index in [0.717, 1.165) is 0 Å². The fraction of sp³-hybridized carbons (Fsp3) is 0.367. The number of hydrogen-bond donors (Lipinski definition) is 0. The number of hydrogen-bond acceptors (Lipinski definition) is 8. The molecular formula is C30H35NO8S. The molecule has 0 N–H and O–H groups in total. The highest BCUT2D eigenvalue weighted by molar-refractivity contribution is 7.86. The van der Waals surface area contributed by atoms with Crippen molar-refractivity contribution in [2.75, 3.05) is 66.4 Å². The smallest absolute Gasteiger partial charge is 0.409 e. The average molecular weight is 570 g/mol. The lowest BCUT2D eigenvalue weighted by atomic mass is 9.98. The molecule has 0 aromatic heterocycles. The number of amides is 1. The first kappa shape index (κ1) is 29.7. The molecule has 0 bridgehead atoms. The Balaban J connectivity index is 1.01. The normalized spacial score (nSPS) is 12.6.